The van der Waals surface area contributed by atoms with Crippen molar-refractivity contribution < 1.29 is 4.79 Å². The molecule has 0 fully saturated rings. The van der Waals surface area contributed by atoms with Crippen molar-refractivity contribution in [2.75, 3.05) is 6.54 Å². The Bertz CT molecular complexity index is 664. The van der Waals surface area contributed by atoms with E-state index in [9.17, 15) is 9.59 Å². The molecule has 5 nitrogen and oxygen atoms in total. The van der Waals surface area contributed by atoms with Gasteiger partial charge in [-0.2, -0.15) is 0 Å². The zero-order chi connectivity index (χ0) is 14.5. The minimum absolute atomic E-state index is 0.155. The van der Waals surface area contributed by atoms with Crippen LogP contribution in [0.25, 0.3) is 0 Å². The van der Waals surface area contributed by atoms with Crippen molar-refractivity contribution >= 4 is 5.91 Å². The number of rotatable bonds is 4. The molecule has 20 heavy (non-hydrogen) atoms. The lowest BCUT2D eigenvalue weighted by Gasteiger charge is -2.20. The number of aromatic nitrogens is 2. The van der Waals surface area contributed by atoms with Gasteiger partial charge in [-0.05, 0) is 26.0 Å². The van der Waals surface area contributed by atoms with E-state index in [4.69, 9.17) is 0 Å². The van der Waals surface area contributed by atoms with Gasteiger partial charge in [0.1, 0.15) is 5.56 Å². The molecule has 2 rings (SSSR count). The van der Waals surface area contributed by atoms with Crippen LogP contribution in [0.3, 0.4) is 0 Å². The highest BCUT2D eigenvalue weighted by Gasteiger charge is 2.17. The zero-order valence-corrected chi connectivity index (χ0v) is 11.6. The molecule has 5 heteroatoms. The third kappa shape index (κ3) is 3.12. The number of hydrogen-bond donors (Lipinski definition) is 1. The number of hydrogen-bond acceptors (Lipinski definition) is 3. The number of carbonyl (C=O) groups excluding carboxylic acids is 1. The van der Waals surface area contributed by atoms with Crippen molar-refractivity contribution in [3.63, 3.8) is 0 Å². The monoisotopic (exact) mass is 271 g/mol. The third-order valence-corrected chi connectivity index (χ3v) is 3.02. The maximum atomic E-state index is 12.4. The SMILES string of the molecule is CCN(Cc1cccc(C)n1)C(=O)c1c[nH]ccc1=O. The normalized spacial score (nSPS) is 10.3. The first-order valence-corrected chi connectivity index (χ1v) is 6.50. The summed E-state index contributed by atoms with van der Waals surface area (Å²) in [6, 6.07) is 7.04. The summed E-state index contributed by atoms with van der Waals surface area (Å²) in [4.78, 5) is 32.8. The summed E-state index contributed by atoms with van der Waals surface area (Å²) in [6.07, 6.45) is 2.95. The number of amides is 1. The van der Waals surface area contributed by atoms with Gasteiger partial charge in [-0.25, -0.2) is 0 Å². The number of pyridine rings is 2. The molecule has 0 aromatic carbocycles. The molecule has 0 atom stereocenters. The minimum atomic E-state index is -0.280. The summed E-state index contributed by atoms with van der Waals surface area (Å²) in [6.45, 7) is 4.70. The molecular weight excluding hydrogens is 254 g/mol. The largest absolute Gasteiger partial charge is 0.367 e. The van der Waals surface area contributed by atoms with Gasteiger partial charge in [0.15, 0.2) is 5.43 Å². The van der Waals surface area contributed by atoms with E-state index in [2.05, 4.69) is 9.97 Å². The van der Waals surface area contributed by atoms with E-state index in [-0.39, 0.29) is 16.9 Å². The van der Waals surface area contributed by atoms with Gasteiger partial charge in [-0.1, -0.05) is 6.07 Å². The van der Waals surface area contributed by atoms with Gasteiger partial charge < -0.3 is 9.88 Å². The van der Waals surface area contributed by atoms with Gasteiger partial charge in [0.05, 0.1) is 12.2 Å². The molecular formula is C15H17N3O2. The van der Waals surface area contributed by atoms with Crippen LogP contribution in [-0.2, 0) is 6.54 Å². The van der Waals surface area contributed by atoms with Crippen LogP contribution in [0, 0.1) is 6.92 Å². The highest BCUT2D eigenvalue weighted by molar-refractivity contribution is 5.93. The summed E-state index contributed by atoms with van der Waals surface area (Å²) < 4.78 is 0. The number of nitrogens with one attached hydrogen (secondary N) is 1. The average molecular weight is 271 g/mol. The summed E-state index contributed by atoms with van der Waals surface area (Å²) in [7, 11) is 0. The Kier molecular flexibility index (Phi) is 4.30. The Morgan fingerprint density at radius 3 is 2.80 bits per heavy atom. The fourth-order valence-corrected chi connectivity index (χ4v) is 1.96. The van der Waals surface area contributed by atoms with E-state index in [1.165, 1.54) is 18.5 Å². The molecule has 0 unspecified atom stereocenters. The number of H-pyrrole nitrogens is 1. The van der Waals surface area contributed by atoms with E-state index < -0.39 is 0 Å². The van der Waals surface area contributed by atoms with Crippen LogP contribution in [0.15, 0.2) is 41.5 Å². The number of aryl methyl sites for hydroxylation is 1. The number of aromatic amines is 1. The smallest absolute Gasteiger partial charge is 0.259 e. The molecule has 0 saturated heterocycles. The molecule has 2 aromatic heterocycles. The van der Waals surface area contributed by atoms with Crippen LogP contribution in [-0.4, -0.2) is 27.3 Å². The maximum absolute atomic E-state index is 12.4. The Balaban J connectivity index is 2.23. The molecule has 1 amide bonds. The first-order chi connectivity index (χ1) is 9.61. The predicted molar refractivity (Wildman–Crippen MR) is 76.5 cm³/mol. The van der Waals surface area contributed by atoms with Gasteiger partial charge in [-0.15, -0.1) is 0 Å². The topological polar surface area (TPSA) is 66.1 Å². The standard InChI is InChI=1S/C15H17N3O2/c1-3-18(10-12-6-4-5-11(2)17-12)15(20)13-9-16-8-7-14(13)19/h4-9H,3,10H2,1-2H3,(H,16,19). The Hall–Kier alpha value is -2.43. The van der Waals surface area contributed by atoms with Gasteiger partial charge in [0.2, 0.25) is 0 Å². The second-order valence-electron chi connectivity index (χ2n) is 4.51. The highest BCUT2D eigenvalue weighted by atomic mass is 16.2. The molecule has 0 bridgehead atoms. The molecule has 0 aliphatic rings. The fraction of sp³-hybridized carbons (Fsp3) is 0.267. The lowest BCUT2D eigenvalue weighted by molar-refractivity contribution is 0.0749. The van der Waals surface area contributed by atoms with Crippen molar-refractivity contribution in [2.24, 2.45) is 0 Å². The van der Waals surface area contributed by atoms with E-state index in [1.54, 1.807) is 4.90 Å². The second kappa shape index (κ2) is 6.14. The third-order valence-electron chi connectivity index (χ3n) is 3.02. The lowest BCUT2D eigenvalue weighted by atomic mass is 10.2. The number of nitrogens with zero attached hydrogens (tertiary/aromatic N) is 2. The van der Waals surface area contributed by atoms with Crippen molar-refractivity contribution in [3.05, 3.63) is 63.8 Å². The van der Waals surface area contributed by atoms with Crippen molar-refractivity contribution in [2.45, 2.75) is 20.4 Å². The van der Waals surface area contributed by atoms with Crippen LogP contribution < -0.4 is 5.43 Å². The van der Waals surface area contributed by atoms with Crippen LogP contribution in [0.5, 0.6) is 0 Å². The quantitative estimate of drug-likeness (QED) is 0.921. The van der Waals surface area contributed by atoms with Gasteiger partial charge in [0, 0.05) is 30.7 Å². The Morgan fingerprint density at radius 1 is 1.35 bits per heavy atom. The lowest BCUT2D eigenvalue weighted by Crippen LogP contribution is -2.33. The highest BCUT2D eigenvalue weighted by Crippen LogP contribution is 2.06. The molecule has 2 heterocycles. The summed E-state index contributed by atoms with van der Waals surface area (Å²) in [5, 5.41) is 0. The van der Waals surface area contributed by atoms with Crippen LogP contribution >= 0.6 is 0 Å². The predicted octanol–water partition coefficient (Wildman–Crippen LogP) is 1.74. The van der Waals surface area contributed by atoms with E-state index in [1.807, 2.05) is 32.0 Å². The minimum Gasteiger partial charge on any atom is -0.367 e. The first-order valence-electron chi connectivity index (χ1n) is 6.50. The Morgan fingerprint density at radius 2 is 2.15 bits per heavy atom. The van der Waals surface area contributed by atoms with E-state index >= 15 is 0 Å². The average Bonchev–Trinajstić information content (AvgIpc) is 2.44. The van der Waals surface area contributed by atoms with Crippen LogP contribution in [0.4, 0.5) is 0 Å². The van der Waals surface area contributed by atoms with Crippen molar-refractivity contribution in [1.82, 2.24) is 14.9 Å². The molecule has 0 radical (unpaired) electrons. The molecule has 104 valence electrons. The summed E-state index contributed by atoms with van der Waals surface area (Å²) in [5.74, 6) is -0.280. The second-order valence-corrected chi connectivity index (χ2v) is 4.51. The molecule has 2 aromatic rings. The van der Waals surface area contributed by atoms with Crippen molar-refractivity contribution in [1.29, 1.82) is 0 Å². The van der Waals surface area contributed by atoms with Gasteiger partial charge >= 0.3 is 0 Å². The maximum Gasteiger partial charge on any atom is 0.259 e. The van der Waals surface area contributed by atoms with E-state index in [0.29, 0.717) is 13.1 Å². The molecule has 0 saturated carbocycles. The summed E-state index contributed by atoms with van der Waals surface area (Å²) >= 11 is 0. The van der Waals surface area contributed by atoms with E-state index in [0.717, 1.165) is 11.4 Å². The fourth-order valence-electron chi connectivity index (χ4n) is 1.96. The first kappa shape index (κ1) is 14.0. The van der Waals surface area contributed by atoms with Gasteiger partial charge in [-0.3, -0.25) is 14.6 Å². The Labute approximate surface area is 117 Å². The molecule has 1 N–H and O–H groups in total. The van der Waals surface area contributed by atoms with Crippen LogP contribution in [0.2, 0.25) is 0 Å². The molecule has 0 spiro atoms. The number of carbonyl (C=O) groups is 1. The van der Waals surface area contributed by atoms with Crippen molar-refractivity contribution in [3.8, 4) is 0 Å². The summed E-state index contributed by atoms with van der Waals surface area (Å²) in [5.41, 5.74) is 1.60. The zero-order valence-electron chi connectivity index (χ0n) is 11.6. The van der Waals surface area contributed by atoms with Gasteiger partial charge in [0.25, 0.3) is 5.91 Å². The van der Waals surface area contributed by atoms with Crippen LogP contribution in [0.1, 0.15) is 28.7 Å². The molecule has 0 aliphatic heterocycles. The molecule has 0 aliphatic carbocycles.